The third kappa shape index (κ3) is 3.43. The van der Waals surface area contributed by atoms with Crippen molar-refractivity contribution in [3.05, 3.63) is 43.0 Å². The second kappa shape index (κ2) is 5.97. The summed E-state index contributed by atoms with van der Waals surface area (Å²) in [6.45, 7) is 2.80. The predicted octanol–water partition coefficient (Wildman–Crippen LogP) is 0.853. The van der Waals surface area contributed by atoms with Gasteiger partial charge in [0.15, 0.2) is 0 Å². The maximum Gasteiger partial charge on any atom is 0.115 e. The molecule has 5 nitrogen and oxygen atoms in total. The summed E-state index contributed by atoms with van der Waals surface area (Å²) < 4.78 is 2.08. The summed E-state index contributed by atoms with van der Waals surface area (Å²) in [5.74, 6) is 0. The molecule has 0 spiro atoms. The smallest absolute Gasteiger partial charge is 0.115 e. The molecule has 0 unspecified atom stereocenters. The Morgan fingerprint density at radius 2 is 2.06 bits per heavy atom. The van der Waals surface area contributed by atoms with Gasteiger partial charge >= 0.3 is 0 Å². The van der Waals surface area contributed by atoms with Gasteiger partial charge in [-0.3, -0.25) is 0 Å². The quantitative estimate of drug-likeness (QED) is 0.729. The fourth-order valence-corrected chi connectivity index (χ4v) is 1.46. The molecule has 0 saturated carbocycles. The number of aromatic nitrogens is 4. The van der Waals surface area contributed by atoms with Crippen molar-refractivity contribution >= 4 is 0 Å². The van der Waals surface area contributed by atoms with Crippen LogP contribution in [-0.4, -0.2) is 26.1 Å². The van der Waals surface area contributed by atoms with E-state index in [-0.39, 0.29) is 0 Å². The highest BCUT2D eigenvalue weighted by molar-refractivity contribution is 5.01. The first kappa shape index (κ1) is 10.8. The summed E-state index contributed by atoms with van der Waals surface area (Å²) >= 11 is 0. The number of nitrogens with one attached hydrogen (secondary N) is 1. The molecule has 16 heavy (non-hydrogen) atoms. The Morgan fingerprint density at radius 1 is 1.19 bits per heavy atom. The number of imidazole rings is 1. The van der Waals surface area contributed by atoms with Gasteiger partial charge in [0.25, 0.3) is 0 Å². The zero-order chi connectivity index (χ0) is 11.1. The number of hydrogen-bond donors (Lipinski definition) is 1. The molecule has 5 heteroatoms. The third-order valence-corrected chi connectivity index (χ3v) is 2.27. The molecule has 0 aliphatic carbocycles. The first-order valence-corrected chi connectivity index (χ1v) is 5.35. The Labute approximate surface area is 94.6 Å². The lowest BCUT2D eigenvalue weighted by atomic mass is 10.3. The van der Waals surface area contributed by atoms with E-state index in [4.69, 9.17) is 0 Å². The van der Waals surface area contributed by atoms with E-state index in [2.05, 4.69) is 24.8 Å². The molecule has 0 atom stereocenters. The van der Waals surface area contributed by atoms with Crippen LogP contribution in [0.4, 0.5) is 0 Å². The van der Waals surface area contributed by atoms with Crippen LogP contribution in [0.15, 0.2) is 37.4 Å². The van der Waals surface area contributed by atoms with Crippen LogP contribution in [-0.2, 0) is 13.1 Å². The van der Waals surface area contributed by atoms with Crippen LogP contribution in [0.2, 0.25) is 0 Å². The average molecular weight is 217 g/mol. The van der Waals surface area contributed by atoms with Gasteiger partial charge < -0.3 is 9.88 Å². The van der Waals surface area contributed by atoms with Gasteiger partial charge in [-0.25, -0.2) is 15.0 Å². The van der Waals surface area contributed by atoms with Gasteiger partial charge in [-0.2, -0.15) is 0 Å². The normalized spacial score (nSPS) is 10.5. The lowest BCUT2D eigenvalue weighted by molar-refractivity contribution is 0.579. The van der Waals surface area contributed by atoms with Crippen molar-refractivity contribution in [2.45, 2.75) is 19.5 Å². The summed E-state index contributed by atoms with van der Waals surface area (Å²) in [4.78, 5) is 11.9. The maximum absolute atomic E-state index is 3.99. The minimum atomic E-state index is 0.824. The van der Waals surface area contributed by atoms with E-state index in [9.17, 15) is 0 Å². The molecule has 0 fully saturated rings. The molecule has 0 aromatic carbocycles. The molecular weight excluding hydrogens is 202 g/mol. The molecule has 0 bridgehead atoms. The van der Waals surface area contributed by atoms with Crippen LogP contribution in [0, 0.1) is 0 Å². The molecule has 0 radical (unpaired) electrons. The largest absolute Gasteiger partial charge is 0.337 e. The number of hydrogen-bond acceptors (Lipinski definition) is 4. The molecule has 2 aromatic rings. The molecule has 0 aliphatic heterocycles. The minimum Gasteiger partial charge on any atom is -0.337 e. The highest BCUT2D eigenvalue weighted by atomic mass is 15.0. The SMILES string of the molecule is c1cn(CCCNCc2cncnc2)cn1. The van der Waals surface area contributed by atoms with Gasteiger partial charge in [0.1, 0.15) is 6.33 Å². The van der Waals surface area contributed by atoms with E-state index < -0.39 is 0 Å². The van der Waals surface area contributed by atoms with Gasteiger partial charge in [-0.05, 0) is 13.0 Å². The van der Waals surface area contributed by atoms with Gasteiger partial charge in [0, 0.05) is 43.4 Å². The van der Waals surface area contributed by atoms with Crippen molar-refractivity contribution in [2.75, 3.05) is 6.54 Å². The molecule has 2 heterocycles. The molecular formula is C11H15N5. The highest BCUT2D eigenvalue weighted by Crippen LogP contribution is 1.93. The Morgan fingerprint density at radius 3 is 2.81 bits per heavy atom. The zero-order valence-electron chi connectivity index (χ0n) is 9.08. The number of nitrogens with zero attached hydrogens (tertiary/aromatic N) is 4. The lowest BCUT2D eigenvalue weighted by Gasteiger charge is -2.04. The summed E-state index contributed by atoms with van der Waals surface area (Å²) in [6, 6.07) is 0. The van der Waals surface area contributed by atoms with Crippen molar-refractivity contribution < 1.29 is 0 Å². The van der Waals surface area contributed by atoms with Gasteiger partial charge in [-0.15, -0.1) is 0 Å². The van der Waals surface area contributed by atoms with E-state index in [1.54, 1.807) is 12.5 Å². The molecule has 2 rings (SSSR count). The Hall–Kier alpha value is -1.75. The third-order valence-electron chi connectivity index (χ3n) is 2.27. The molecule has 0 aliphatic rings. The summed E-state index contributed by atoms with van der Waals surface area (Å²) in [6.07, 6.45) is 11.9. The summed E-state index contributed by atoms with van der Waals surface area (Å²) in [5.41, 5.74) is 1.12. The van der Waals surface area contributed by atoms with Crippen LogP contribution in [0.25, 0.3) is 0 Å². The average Bonchev–Trinajstić information content (AvgIpc) is 2.83. The van der Waals surface area contributed by atoms with Crippen molar-refractivity contribution in [2.24, 2.45) is 0 Å². The maximum atomic E-state index is 3.99. The Bertz CT molecular complexity index is 384. The second-order valence-corrected chi connectivity index (χ2v) is 3.58. The number of rotatable bonds is 6. The Kier molecular flexibility index (Phi) is 4.01. The van der Waals surface area contributed by atoms with Gasteiger partial charge in [-0.1, -0.05) is 0 Å². The molecule has 0 saturated heterocycles. The van der Waals surface area contributed by atoms with E-state index in [0.29, 0.717) is 0 Å². The van der Waals surface area contributed by atoms with Gasteiger partial charge in [0.05, 0.1) is 6.33 Å². The molecule has 0 amide bonds. The summed E-state index contributed by atoms with van der Waals surface area (Å²) in [5, 5.41) is 3.35. The van der Waals surface area contributed by atoms with E-state index in [0.717, 1.165) is 31.6 Å². The highest BCUT2D eigenvalue weighted by Gasteiger charge is 1.93. The predicted molar refractivity (Wildman–Crippen MR) is 60.6 cm³/mol. The van der Waals surface area contributed by atoms with E-state index in [1.807, 2.05) is 24.9 Å². The first-order valence-electron chi connectivity index (χ1n) is 5.35. The number of aryl methyl sites for hydroxylation is 1. The zero-order valence-corrected chi connectivity index (χ0v) is 9.08. The topological polar surface area (TPSA) is 55.6 Å². The molecule has 1 N–H and O–H groups in total. The fraction of sp³-hybridized carbons (Fsp3) is 0.364. The van der Waals surface area contributed by atoms with E-state index in [1.165, 1.54) is 0 Å². The Balaban J connectivity index is 1.59. The van der Waals surface area contributed by atoms with Crippen LogP contribution in [0.5, 0.6) is 0 Å². The fourth-order valence-electron chi connectivity index (χ4n) is 1.46. The monoisotopic (exact) mass is 217 g/mol. The summed E-state index contributed by atoms with van der Waals surface area (Å²) in [7, 11) is 0. The lowest BCUT2D eigenvalue weighted by Crippen LogP contribution is -2.16. The van der Waals surface area contributed by atoms with Crippen molar-refractivity contribution in [1.82, 2.24) is 24.8 Å². The second-order valence-electron chi connectivity index (χ2n) is 3.58. The first-order chi connectivity index (χ1) is 7.95. The minimum absolute atomic E-state index is 0.824. The van der Waals surface area contributed by atoms with Crippen molar-refractivity contribution in [3.63, 3.8) is 0 Å². The standard InChI is InChI=1S/C11H15N5/c1(4-16-5-3-13-10-16)2-12-6-11-7-14-9-15-8-11/h3,5,7-10,12H,1-2,4,6H2. The molecule has 84 valence electrons. The van der Waals surface area contributed by atoms with Crippen LogP contribution >= 0.6 is 0 Å². The van der Waals surface area contributed by atoms with E-state index >= 15 is 0 Å². The van der Waals surface area contributed by atoms with Crippen molar-refractivity contribution in [1.29, 1.82) is 0 Å². The van der Waals surface area contributed by atoms with Crippen LogP contribution in [0.3, 0.4) is 0 Å². The van der Waals surface area contributed by atoms with Gasteiger partial charge in [0.2, 0.25) is 0 Å². The van der Waals surface area contributed by atoms with Crippen molar-refractivity contribution in [3.8, 4) is 0 Å². The van der Waals surface area contributed by atoms with Crippen LogP contribution in [0.1, 0.15) is 12.0 Å². The molecule has 2 aromatic heterocycles. The van der Waals surface area contributed by atoms with Crippen LogP contribution < -0.4 is 5.32 Å².